The van der Waals surface area contributed by atoms with Crippen molar-refractivity contribution in [3.8, 4) is 0 Å². The van der Waals surface area contributed by atoms with Crippen LogP contribution in [0.4, 0.5) is 8.78 Å². The molecule has 0 aromatic carbocycles. The number of hydrogen-bond acceptors (Lipinski definition) is 4. The number of rotatable bonds is 2. The quantitative estimate of drug-likeness (QED) is 0.329. The van der Waals surface area contributed by atoms with Gasteiger partial charge in [0.2, 0.25) is 17.9 Å². The van der Waals surface area contributed by atoms with Crippen LogP contribution < -0.4 is 0 Å². The Hall–Kier alpha value is -1.31. The maximum absolute atomic E-state index is 14.4. The minimum atomic E-state index is -1.59. The summed E-state index contributed by atoms with van der Waals surface area (Å²) in [5.74, 6) is -2.49. The maximum Gasteiger partial charge on any atom is 0.233 e. The first-order chi connectivity index (χ1) is 10.8. The van der Waals surface area contributed by atoms with Gasteiger partial charge in [0, 0.05) is 17.8 Å². The van der Waals surface area contributed by atoms with Gasteiger partial charge in [-0.05, 0) is 19.3 Å². The van der Waals surface area contributed by atoms with Crippen LogP contribution in [-0.2, 0) is 9.59 Å². The highest BCUT2D eigenvalue weighted by Gasteiger charge is 2.56. The van der Waals surface area contributed by atoms with Crippen molar-refractivity contribution >= 4 is 23.4 Å². The van der Waals surface area contributed by atoms with Gasteiger partial charge >= 0.3 is 0 Å². The summed E-state index contributed by atoms with van der Waals surface area (Å²) in [5, 5.41) is 10.1. The summed E-state index contributed by atoms with van der Waals surface area (Å²) in [7, 11) is 0. The van der Waals surface area contributed by atoms with E-state index in [0.29, 0.717) is 0 Å². The molecule has 9 heteroatoms. The summed E-state index contributed by atoms with van der Waals surface area (Å²) in [6.07, 6.45) is -2.88. The van der Waals surface area contributed by atoms with Crippen molar-refractivity contribution in [1.29, 1.82) is 0 Å². The zero-order valence-corrected chi connectivity index (χ0v) is 13.0. The fraction of sp³-hybridized carbons (Fsp3) is 0.857. The number of nitrogens with zero attached hydrogens (tertiary/aromatic N) is 2. The first-order valence-electron chi connectivity index (χ1n) is 7.73. The number of nitro groups is 1. The monoisotopic (exact) mass is 350 g/mol. The lowest BCUT2D eigenvalue weighted by atomic mass is 9.80. The number of carbonyl (C=O) groups is 2. The van der Waals surface area contributed by atoms with Gasteiger partial charge in [-0.3, -0.25) is 24.6 Å². The summed E-state index contributed by atoms with van der Waals surface area (Å²) in [5.41, 5.74) is 0. The van der Waals surface area contributed by atoms with Crippen molar-refractivity contribution in [2.45, 2.75) is 61.9 Å². The van der Waals surface area contributed by atoms with Crippen LogP contribution in [0.3, 0.4) is 0 Å². The number of carbonyl (C=O) groups excluding carboxylic acids is 2. The second-order valence-electron chi connectivity index (χ2n) is 6.59. The highest BCUT2D eigenvalue weighted by atomic mass is 35.5. The Kier molecular flexibility index (Phi) is 4.29. The zero-order valence-electron chi connectivity index (χ0n) is 12.2. The van der Waals surface area contributed by atoms with E-state index in [1.165, 1.54) is 0 Å². The number of alkyl halides is 3. The minimum absolute atomic E-state index is 0.0355. The second kappa shape index (κ2) is 5.96. The van der Waals surface area contributed by atoms with Crippen LogP contribution >= 0.6 is 11.6 Å². The van der Waals surface area contributed by atoms with E-state index in [9.17, 15) is 28.5 Å². The normalized spacial score (nSPS) is 44.3. The molecular weight excluding hydrogens is 334 g/mol. The molecule has 0 bridgehead atoms. The highest BCUT2D eigenvalue weighted by Crippen LogP contribution is 2.42. The lowest BCUT2D eigenvalue weighted by Gasteiger charge is -2.35. The molecule has 0 N–H and O–H groups in total. The largest absolute Gasteiger partial charge is 0.276 e. The Labute approximate surface area is 136 Å². The van der Waals surface area contributed by atoms with E-state index < -0.39 is 58.4 Å². The van der Waals surface area contributed by atoms with Crippen LogP contribution in [0, 0.1) is 22.0 Å². The van der Waals surface area contributed by atoms with Crippen molar-refractivity contribution in [3.63, 3.8) is 0 Å². The molecule has 2 saturated carbocycles. The molecule has 7 unspecified atom stereocenters. The van der Waals surface area contributed by atoms with Gasteiger partial charge in [0.05, 0.1) is 17.9 Å². The van der Waals surface area contributed by atoms with Gasteiger partial charge in [0.25, 0.3) is 0 Å². The molecule has 0 radical (unpaired) electrons. The molecule has 128 valence electrons. The maximum atomic E-state index is 14.4. The number of halogens is 3. The van der Waals surface area contributed by atoms with E-state index >= 15 is 0 Å². The Bertz CT molecular complexity index is 549. The molecule has 0 aromatic rings. The van der Waals surface area contributed by atoms with E-state index in [4.69, 9.17) is 11.6 Å². The topological polar surface area (TPSA) is 80.5 Å². The molecule has 1 saturated heterocycles. The van der Waals surface area contributed by atoms with E-state index in [1.54, 1.807) is 0 Å². The van der Waals surface area contributed by atoms with Gasteiger partial charge in [0.1, 0.15) is 17.7 Å². The number of amides is 2. The van der Waals surface area contributed by atoms with Crippen molar-refractivity contribution < 1.29 is 23.3 Å². The van der Waals surface area contributed by atoms with Crippen LogP contribution in [-0.4, -0.2) is 51.4 Å². The highest BCUT2D eigenvalue weighted by molar-refractivity contribution is 6.21. The molecule has 0 spiro atoms. The average molecular weight is 351 g/mol. The number of fused-ring (bicyclic) bond motifs is 1. The third-order valence-corrected chi connectivity index (χ3v) is 5.74. The van der Waals surface area contributed by atoms with Gasteiger partial charge < -0.3 is 0 Å². The molecule has 3 aliphatic rings. The lowest BCUT2D eigenvalue weighted by molar-refractivity contribution is -0.526. The summed E-state index contributed by atoms with van der Waals surface area (Å²) in [6.45, 7) is 0. The first kappa shape index (κ1) is 16.5. The molecular formula is C14H17ClF2N2O4. The van der Waals surface area contributed by atoms with E-state index in [0.717, 1.165) is 4.90 Å². The Balaban J connectivity index is 1.84. The Morgan fingerprint density at radius 2 is 1.74 bits per heavy atom. The fourth-order valence-corrected chi connectivity index (χ4v) is 4.40. The third-order valence-electron chi connectivity index (χ3n) is 5.27. The third kappa shape index (κ3) is 2.70. The molecule has 0 aromatic heterocycles. The molecule has 1 heterocycles. The molecule has 23 heavy (non-hydrogen) atoms. The van der Waals surface area contributed by atoms with Crippen molar-refractivity contribution in [1.82, 2.24) is 4.90 Å². The van der Waals surface area contributed by atoms with Crippen LogP contribution in [0.1, 0.15) is 32.1 Å². The summed E-state index contributed by atoms with van der Waals surface area (Å²) in [4.78, 5) is 36.2. The molecule has 7 atom stereocenters. The second-order valence-corrected chi connectivity index (χ2v) is 7.15. The zero-order chi connectivity index (χ0) is 16.9. The average Bonchev–Trinajstić information content (AvgIpc) is 2.71. The first-order valence-corrected chi connectivity index (χ1v) is 8.17. The fourth-order valence-electron chi connectivity index (χ4n) is 4.04. The molecule has 2 amide bonds. The molecule has 1 aliphatic heterocycles. The Morgan fingerprint density at radius 3 is 2.39 bits per heavy atom. The molecule has 3 rings (SSSR count). The van der Waals surface area contributed by atoms with Gasteiger partial charge in [-0.15, -0.1) is 11.6 Å². The predicted molar refractivity (Wildman–Crippen MR) is 75.9 cm³/mol. The summed E-state index contributed by atoms with van der Waals surface area (Å²) >= 11 is 5.84. The van der Waals surface area contributed by atoms with Crippen molar-refractivity contribution in [2.24, 2.45) is 11.8 Å². The number of likely N-dealkylation sites (tertiary alicyclic amines) is 1. The summed E-state index contributed by atoms with van der Waals surface area (Å²) < 4.78 is 27.9. The molecule has 2 aliphatic carbocycles. The van der Waals surface area contributed by atoms with Crippen molar-refractivity contribution in [2.75, 3.05) is 0 Å². The minimum Gasteiger partial charge on any atom is -0.276 e. The SMILES string of the molecule is O=C1C2CCC(F)CC2C(=O)N1C1CC([N+](=O)[O-])C(Cl)CC1F. The molecule has 3 fully saturated rings. The lowest BCUT2D eigenvalue weighted by Crippen LogP contribution is -2.54. The number of imide groups is 1. The van der Waals surface area contributed by atoms with Crippen LogP contribution in [0.2, 0.25) is 0 Å². The number of hydrogen-bond donors (Lipinski definition) is 0. The molecule has 6 nitrogen and oxygen atoms in total. The van der Waals surface area contributed by atoms with Gasteiger partial charge in [-0.25, -0.2) is 8.78 Å². The van der Waals surface area contributed by atoms with E-state index in [-0.39, 0.29) is 32.1 Å². The van der Waals surface area contributed by atoms with Gasteiger partial charge in [-0.1, -0.05) is 0 Å². The van der Waals surface area contributed by atoms with E-state index in [1.807, 2.05) is 0 Å². The standard InChI is InChI=1S/C14H17ClF2N2O4/c15-9-4-10(17)12(5-11(9)19(22)23)18-13(20)7-2-1-6(16)3-8(7)14(18)21/h6-12H,1-5H2. The van der Waals surface area contributed by atoms with Crippen LogP contribution in [0.5, 0.6) is 0 Å². The van der Waals surface area contributed by atoms with Gasteiger partial charge in [0.15, 0.2) is 0 Å². The predicted octanol–water partition coefficient (Wildman–Crippen LogP) is 1.86. The van der Waals surface area contributed by atoms with Gasteiger partial charge in [-0.2, -0.15) is 0 Å². The van der Waals surface area contributed by atoms with Crippen molar-refractivity contribution in [3.05, 3.63) is 10.1 Å². The van der Waals surface area contributed by atoms with Crippen LogP contribution in [0.25, 0.3) is 0 Å². The summed E-state index contributed by atoms with van der Waals surface area (Å²) in [6, 6.07) is -2.38. The van der Waals surface area contributed by atoms with Crippen LogP contribution in [0.15, 0.2) is 0 Å². The Morgan fingerprint density at radius 1 is 1.09 bits per heavy atom. The smallest absolute Gasteiger partial charge is 0.233 e. The van der Waals surface area contributed by atoms with E-state index in [2.05, 4.69) is 0 Å².